The molecule has 116 valence electrons. The van der Waals surface area contributed by atoms with Gasteiger partial charge in [0.15, 0.2) is 12.0 Å². The lowest BCUT2D eigenvalue weighted by Gasteiger charge is -2.05. The number of carbonyl (C=O) groups excluding carboxylic acids is 1. The number of hydrogen-bond acceptors (Lipinski definition) is 4. The van der Waals surface area contributed by atoms with Crippen LogP contribution in [0.25, 0.3) is 33.0 Å². The van der Waals surface area contributed by atoms with Crippen LogP contribution in [0.4, 0.5) is 0 Å². The highest BCUT2D eigenvalue weighted by Gasteiger charge is 2.20. The van der Waals surface area contributed by atoms with Gasteiger partial charge in [-0.05, 0) is 24.3 Å². The van der Waals surface area contributed by atoms with Crippen LogP contribution in [-0.4, -0.2) is 25.2 Å². The Hall–Kier alpha value is -3.41. The molecule has 0 aliphatic rings. The van der Waals surface area contributed by atoms with Crippen molar-refractivity contribution in [1.29, 1.82) is 0 Å². The van der Waals surface area contributed by atoms with Gasteiger partial charge < -0.3 is 4.42 Å². The van der Waals surface area contributed by atoms with E-state index in [1.165, 1.54) is 6.39 Å². The summed E-state index contributed by atoms with van der Waals surface area (Å²) >= 11 is 0. The van der Waals surface area contributed by atoms with Gasteiger partial charge >= 0.3 is 0 Å². The molecule has 0 atom stereocenters. The van der Waals surface area contributed by atoms with Gasteiger partial charge in [-0.25, -0.2) is 4.98 Å². The maximum absolute atomic E-state index is 13.2. The zero-order valence-corrected chi connectivity index (χ0v) is 12.8. The molecule has 0 radical (unpaired) electrons. The molecule has 0 fully saturated rings. The normalized spacial score (nSPS) is 11.7. The quantitative estimate of drug-likeness (QED) is 0.475. The summed E-state index contributed by atoms with van der Waals surface area (Å²) in [5, 5.41) is 5.30. The topological polar surface area (TPSA) is 65.8 Å². The summed E-state index contributed by atoms with van der Waals surface area (Å²) in [6, 6.07) is 13.1. The molecule has 0 saturated heterocycles. The van der Waals surface area contributed by atoms with Crippen LogP contribution < -0.4 is 0 Å². The summed E-state index contributed by atoms with van der Waals surface area (Å²) in [5.74, 6) is -0.112. The van der Waals surface area contributed by atoms with Crippen molar-refractivity contribution in [1.82, 2.24) is 19.3 Å². The molecule has 0 unspecified atom stereocenters. The van der Waals surface area contributed by atoms with E-state index in [4.69, 9.17) is 4.42 Å². The summed E-state index contributed by atoms with van der Waals surface area (Å²) in [6.45, 7) is 0. The van der Waals surface area contributed by atoms with Crippen molar-refractivity contribution in [2.24, 2.45) is 7.05 Å². The Morgan fingerprint density at radius 1 is 1.12 bits per heavy atom. The zero-order valence-electron chi connectivity index (χ0n) is 12.8. The average Bonchev–Trinajstić information content (AvgIpc) is 3.29. The highest BCUT2D eigenvalue weighted by atomic mass is 16.3. The number of carbonyl (C=O) groups is 1. The molecule has 0 saturated carbocycles. The number of aromatic nitrogens is 4. The van der Waals surface area contributed by atoms with Crippen molar-refractivity contribution in [3.05, 3.63) is 60.6 Å². The zero-order chi connectivity index (χ0) is 16.3. The maximum atomic E-state index is 13.2. The van der Waals surface area contributed by atoms with Gasteiger partial charge in [-0.2, -0.15) is 5.10 Å². The Kier molecular flexibility index (Phi) is 2.48. The lowest BCUT2D eigenvalue weighted by atomic mass is 10.2. The molecule has 0 aliphatic carbocycles. The Morgan fingerprint density at radius 3 is 2.92 bits per heavy atom. The monoisotopic (exact) mass is 316 g/mol. The Bertz CT molecular complexity index is 1240. The molecule has 24 heavy (non-hydrogen) atoms. The van der Waals surface area contributed by atoms with Gasteiger partial charge in [0.1, 0.15) is 5.52 Å². The predicted octanol–water partition coefficient (Wildman–Crippen LogP) is 3.36. The van der Waals surface area contributed by atoms with Crippen LogP contribution in [0, 0.1) is 0 Å². The number of fused-ring (bicyclic) bond motifs is 4. The fourth-order valence-electron chi connectivity index (χ4n) is 3.24. The van der Waals surface area contributed by atoms with Crippen LogP contribution in [-0.2, 0) is 7.05 Å². The highest BCUT2D eigenvalue weighted by Crippen LogP contribution is 2.29. The van der Waals surface area contributed by atoms with E-state index in [0.717, 1.165) is 21.9 Å². The van der Waals surface area contributed by atoms with Gasteiger partial charge in [0, 0.05) is 18.0 Å². The van der Waals surface area contributed by atoms with E-state index < -0.39 is 0 Å². The summed E-state index contributed by atoms with van der Waals surface area (Å²) in [7, 11) is 1.88. The van der Waals surface area contributed by atoms with E-state index in [1.807, 2.05) is 31.3 Å². The van der Waals surface area contributed by atoms with Gasteiger partial charge in [-0.1, -0.05) is 18.2 Å². The highest BCUT2D eigenvalue weighted by molar-refractivity contribution is 6.15. The molecule has 0 aliphatic heterocycles. The molecule has 0 spiro atoms. The lowest BCUT2D eigenvalue weighted by Crippen LogP contribution is -2.11. The number of nitrogens with zero attached hydrogens (tertiary/aromatic N) is 4. The summed E-state index contributed by atoms with van der Waals surface area (Å²) < 4.78 is 8.75. The first-order valence-electron chi connectivity index (χ1n) is 7.53. The second-order valence-electron chi connectivity index (χ2n) is 5.69. The van der Waals surface area contributed by atoms with Crippen molar-refractivity contribution in [3.8, 4) is 0 Å². The van der Waals surface area contributed by atoms with Gasteiger partial charge in [0.2, 0.25) is 0 Å². The number of rotatable bonds is 1. The van der Waals surface area contributed by atoms with E-state index in [-0.39, 0.29) is 5.91 Å². The fraction of sp³-hybridized carbons (Fsp3) is 0.0556. The maximum Gasteiger partial charge on any atom is 0.263 e. The van der Waals surface area contributed by atoms with Crippen LogP contribution in [0.5, 0.6) is 0 Å². The summed E-state index contributed by atoms with van der Waals surface area (Å²) in [5.41, 5.74) is 4.49. The smallest absolute Gasteiger partial charge is 0.263 e. The standard InChI is InChI=1S/C18H12N4O2/c1-21-17-12-4-2-3-5-14(12)22(15(17)9-20-21)18(23)11-6-7-16-13(8-11)19-10-24-16/h2-10H,1H3. The van der Waals surface area contributed by atoms with E-state index in [0.29, 0.717) is 16.7 Å². The van der Waals surface area contributed by atoms with E-state index >= 15 is 0 Å². The molecular weight excluding hydrogens is 304 g/mol. The molecule has 2 aromatic carbocycles. The molecule has 0 amide bonds. The number of aryl methyl sites for hydroxylation is 1. The number of benzene rings is 2. The fourth-order valence-corrected chi connectivity index (χ4v) is 3.24. The lowest BCUT2D eigenvalue weighted by molar-refractivity contribution is 0.0969. The molecule has 3 aromatic heterocycles. The minimum Gasteiger partial charge on any atom is -0.443 e. The van der Waals surface area contributed by atoms with Gasteiger partial charge in [0.05, 0.1) is 22.7 Å². The average molecular weight is 316 g/mol. The van der Waals surface area contributed by atoms with Gasteiger partial charge in [-0.15, -0.1) is 0 Å². The molecule has 0 N–H and O–H groups in total. The van der Waals surface area contributed by atoms with Gasteiger partial charge in [0.25, 0.3) is 5.91 Å². The third kappa shape index (κ3) is 1.62. The number of oxazole rings is 1. The minimum absolute atomic E-state index is 0.112. The molecule has 3 heterocycles. The Morgan fingerprint density at radius 2 is 2.00 bits per heavy atom. The third-order valence-electron chi connectivity index (χ3n) is 4.34. The number of hydrogen-bond donors (Lipinski definition) is 0. The molecule has 5 aromatic rings. The molecular formula is C18H12N4O2. The van der Waals surface area contributed by atoms with Crippen molar-refractivity contribution >= 4 is 38.9 Å². The summed E-state index contributed by atoms with van der Waals surface area (Å²) in [4.78, 5) is 17.3. The molecule has 6 nitrogen and oxygen atoms in total. The van der Waals surface area contributed by atoms with Crippen molar-refractivity contribution in [3.63, 3.8) is 0 Å². The first-order chi connectivity index (χ1) is 11.7. The second-order valence-corrected chi connectivity index (χ2v) is 5.69. The Balaban J connectivity index is 1.81. The first kappa shape index (κ1) is 13.1. The largest absolute Gasteiger partial charge is 0.443 e. The second kappa shape index (κ2) is 4.55. The third-order valence-corrected chi connectivity index (χ3v) is 4.34. The van der Waals surface area contributed by atoms with Crippen LogP contribution in [0.15, 0.2) is 59.5 Å². The number of para-hydroxylation sites is 1. The van der Waals surface area contributed by atoms with E-state index in [1.54, 1.807) is 33.6 Å². The first-order valence-corrected chi connectivity index (χ1v) is 7.53. The van der Waals surface area contributed by atoms with Crippen LogP contribution in [0.1, 0.15) is 10.4 Å². The molecule has 0 bridgehead atoms. The minimum atomic E-state index is -0.112. The van der Waals surface area contributed by atoms with Crippen molar-refractivity contribution in [2.45, 2.75) is 0 Å². The predicted molar refractivity (Wildman–Crippen MR) is 89.9 cm³/mol. The molecule has 5 rings (SSSR count). The van der Waals surface area contributed by atoms with E-state index in [9.17, 15) is 4.79 Å². The van der Waals surface area contributed by atoms with Crippen molar-refractivity contribution in [2.75, 3.05) is 0 Å². The van der Waals surface area contributed by atoms with E-state index in [2.05, 4.69) is 10.1 Å². The van der Waals surface area contributed by atoms with Crippen LogP contribution in [0.2, 0.25) is 0 Å². The Labute approximate surface area is 135 Å². The molecule has 6 heteroatoms. The summed E-state index contributed by atoms with van der Waals surface area (Å²) in [6.07, 6.45) is 3.10. The van der Waals surface area contributed by atoms with Gasteiger partial charge in [-0.3, -0.25) is 14.0 Å². The van der Waals surface area contributed by atoms with Crippen molar-refractivity contribution < 1.29 is 9.21 Å². The van der Waals surface area contributed by atoms with Crippen LogP contribution >= 0.6 is 0 Å². The van der Waals surface area contributed by atoms with Crippen LogP contribution in [0.3, 0.4) is 0 Å². The SMILES string of the molecule is Cn1ncc2c1c1ccccc1n2C(=O)c1ccc2ocnc2c1.